The summed E-state index contributed by atoms with van der Waals surface area (Å²) in [5.41, 5.74) is -2.03. The molecule has 1 saturated heterocycles. The Labute approximate surface area is 477 Å². The summed E-state index contributed by atoms with van der Waals surface area (Å²) < 4.78 is 18.8. The lowest BCUT2D eigenvalue weighted by Gasteiger charge is -2.74. The lowest BCUT2D eigenvalue weighted by atomic mass is 9.38. The number of thiazole rings is 1. The molecular formula is C61H43N17O3S2. The third-order valence-electron chi connectivity index (χ3n) is 16.4. The SMILES string of the molecule is c1ccc(SC2(c3nnn[nH]3)C(c3ncc[nH]3)(c3n[nH]c(-c4ccccc4)c3-c3cccc4ccccc34)N(c3ncco3)C(c3ccon3)(c3ccc[nH]3)C(c3cc4ccccc4[nH]3)(c3nccs3)C2(c2c[nH]nn2)c2ccco2)cc1. The van der Waals surface area contributed by atoms with E-state index in [9.17, 15) is 0 Å². The molecule has 6 N–H and O–H groups in total. The molecule has 1 aliphatic heterocycles. The number of imidazole rings is 1. The number of oxazole rings is 1. The number of anilines is 1. The number of H-pyrrole nitrogens is 6. The van der Waals surface area contributed by atoms with Crippen LogP contribution < -0.4 is 4.90 Å². The number of para-hydroxylation sites is 1. The second-order valence-electron chi connectivity index (χ2n) is 20.0. The monoisotopic (exact) mass is 1130 g/mol. The molecule has 10 aromatic heterocycles. The van der Waals surface area contributed by atoms with Gasteiger partial charge in [0.1, 0.15) is 56.1 Å². The maximum absolute atomic E-state index is 7.40. The van der Waals surface area contributed by atoms with Crippen molar-refractivity contribution in [2.24, 2.45) is 0 Å². The zero-order valence-electron chi connectivity index (χ0n) is 43.3. The Hall–Kier alpha value is -10.7. The summed E-state index contributed by atoms with van der Waals surface area (Å²) in [4.78, 5) is 31.1. The fraction of sp³-hybridized carbons (Fsp3) is 0.0820. The Morgan fingerprint density at radius 1 is 0.602 bits per heavy atom. The molecule has 0 aliphatic carbocycles. The second kappa shape index (κ2) is 18.7. The molecular weight excluding hydrogens is 1080 g/mol. The number of piperidine rings is 1. The predicted molar refractivity (Wildman–Crippen MR) is 309 cm³/mol. The predicted octanol–water partition coefficient (Wildman–Crippen LogP) is 11.5. The molecule has 0 saturated carbocycles. The molecule has 0 spiro atoms. The van der Waals surface area contributed by atoms with Crippen LogP contribution in [0, 0.1) is 0 Å². The minimum absolute atomic E-state index is 0.0721. The minimum Gasteiger partial charge on any atom is -0.468 e. The average Bonchev–Trinajstić information content (AvgIpc) is 1.35. The van der Waals surface area contributed by atoms with E-state index in [0.29, 0.717) is 56.3 Å². The topological polar surface area (TPSA) is 266 Å². The second-order valence-corrected chi connectivity index (χ2v) is 22.2. The number of hydrogen-bond acceptors (Lipinski definition) is 16. The smallest absolute Gasteiger partial charge is 0.299 e. The lowest BCUT2D eigenvalue weighted by Crippen LogP contribution is -2.87. The van der Waals surface area contributed by atoms with E-state index in [0.717, 1.165) is 37.7 Å². The van der Waals surface area contributed by atoms with Crippen LogP contribution in [0.15, 0.2) is 243 Å². The van der Waals surface area contributed by atoms with E-state index in [1.807, 2.05) is 109 Å². The van der Waals surface area contributed by atoms with Crippen molar-refractivity contribution in [2.75, 3.05) is 4.90 Å². The summed E-state index contributed by atoms with van der Waals surface area (Å²) >= 11 is 2.88. The minimum atomic E-state index is -2.14. The number of hydrogen-bond donors (Lipinski definition) is 6. The van der Waals surface area contributed by atoms with Gasteiger partial charge in [-0.3, -0.25) is 15.1 Å². The molecule has 5 atom stereocenters. The van der Waals surface area contributed by atoms with Crippen molar-refractivity contribution < 1.29 is 13.4 Å². The van der Waals surface area contributed by atoms with Crippen LogP contribution in [0.1, 0.15) is 50.9 Å². The van der Waals surface area contributed by atoms with Gasteiger partial charge in [0.2, 0.25) is 0 Å². The van der Waals surface area contributed by atoms with Crippen molar-refractivity contribution >= 4 is 50.8 Å². The van der Waals surface area contributed by atoms with E-state index >= 15 is 0 Å². The zero-order valence-corrected chi connectivity index (χ0v) is 45.0. The van der Waals surface area contributed by atoms with Crippen molar-refractivity contribution in [2.45, 2.75) is 31.6 Å². The molecule has 5 unspecified atom stereocenters. The first-order chi connectivity index (χ1) is 41.2. The summed E-state index contributed by atoms with van der Waals surface area (Å²) in [6.07, 6.45) is 15.4. The van der Waals surface area contributed by atoms with Crippen LogP contribution in [0.3, 0.4) is 0 Å². The van der Waals surface area contributed by atoms with Gasteiger partial charge in [0.25, 0.3) is 6.01 Å². The van der Waals surface area contributed by atoms with Crippen molar-refractivity contribution in [3.05, 3.63) is 276 Å². The standard InChI is InChI=1S/C61H43N17O3S2/c1-3-15-39(16-4-1)51-50(43-22-11-18-38-14-7-9-21-42(38)43)52(71-70-51)60(53-63-28-29-64-53)61(54-72-76-77-73-54,83-41-19-5-2-6-20-41)57(48-37-67-75-69-48,49-25-13-32-79-49)58(55-65-31-35-82-55,47-36-40-17-8-10-23-44(40)68-47)59(45-24-12-27-62-45,46-26-33-81-74-46)78(60)56-66-30-34-80-56/h1-37,62,68H,(H,63,64)(H,70,71)(H,67,69,75)(H,72,73,76,77). The van der Waals surface area contributed by atoms with Crippen molar-refractivity contribution in [1.29, 1.82) is 0 Å². The highest BCUT2D eigenvalue weighted by molar-refractivity contribution is 8.00. The number of furan rings is 1. The number of nitrogens with one attached hydrogen (secondary N) is 6. The Balaban J connectivity index is 1.29. The van der Waals surface area contributed by atoms with Crippen LogP contribution >= 0.6 is 23.1 Å². The molecule has 0 amide bonds. The molecule has 5 aromatic carbocycles. The fourth-order valence-electron chi connectivity index (χ4n) is 13.7. The summed E-state index contributed by atoms with van der Waals surface area (Å²) in [6.45, 7) is 0. The largest absolute Gasteiger partial charge is 0.468 e. The number of rotatable bonds is 14. The number of aromatic nitrogens is 16. The average molecular weight is 1130 g/mol. The molecule has 0 bridgehead atoms. The number of nitrogens with zero attached hydrogens (tertiary/aromatic N) is 11. The Bertz CT molecular complexity index is 4520. The maximum atomic E-state index is 7.40. The van der Waals surface area contributed by atoms with Crippen LogP contribution in [-0.2, 0) is 26.7 Å². The van der Waals surface area contributed by atoms with Gasteiger partial charge in [0, 0.05) is 75.4 Å². The van der Waals surface area contributed by atoms with Crippen LogP contribution in [0.2, 0.25) is 0 Å². The quantitative estimate of drug-likeness (QED) is 0.0591. The van der Waals surface area contributed by atoms with Gasteiger partial charge in [-0.2, -0.15) is 5.10 Å². The van der Waals surface area contributed by atoms with Crippen LogP contribution in [0.25, 0.3) is 44.1 Å². The van der Waals surface area contributed by atoms with Crippen LogP contribution in [0.5, 0.6) is 0 Å². The maximum Gasteiger partial charge on any atom is 0.299 e. The summed E-state index contributed by atoms with van der Waals surface area (Å²) in [7, 11) is 0. The van der Waals surface area contributed by atoms with Gasteiger partial charge in [-0.15, -0.1) is 33.3 Å². The molecule has 20 nitrogen and oxygen atoms in total. The molecule has 83 heavy (non-hydrogen) atoms. The molecule has 15 aromatic rings. The summed E-state index contributed by atoms with van der Waals surface area (Å²) in [6, 6.07) is 54.9. The van der Waals surface area contributed by atoms with Gasteiger partial charge in [-0.1, -0.05) is 120 Å². The molecule has 16 rings (SSSR count). The highest BCUT2D eigenvalue weighted by Gasteiger charge is 2.92. The van der Waals surface area contributed by atoms with Gasteiger partial charge in [0.05, 0.1) is 23.8 Å². The van der Waals surface area contributed by atoms with Crippen LogP contribution in [0.4, 0.5) is 6.01 Å². The third-order valence-corrected chi connectivity index (χ3v) is 18.9. The van der Waals surface area contributed by atoms with Crippen molar-refractivity contribution in [1.82, 2.24) is 81.3 Å². The first-order valence-electron chi connectivity index (χ1n) is 26.4. The molecule has 1 aliphatic rings. The number of aromatic amines is 6. The summed E-state index contributed by atoms with van der Waals surface area (Å²) in [5, 5.41) is 51.3. The number of tetrazole rings is 1. The van der Waals surface area contributed by atoms with Gasteiger partial charge in [-0.05, 0) is 80.7 Å². The van der Waals surface area contributed by atoms with E-state index in [2.05, 4.69) is 112 Å². The first kappa shape index (κ1) is 48.2. The van der Waals surface area contributed by atoms with Gasteiger partial charge in [-0.25, -0.2) is 20.1 Å². The number of fused-ring (bicyclic) bond motifs is 2. The van der Waals surface area contributed by atoms with E-state index in [4.69, 9.17) is 54.0 Å². The van der Waals surface area contributed by atoms with E-state index in [1.165, 1.54) is 23.1 Å². The van der Waals surface area contributed by atoms with Crippen molar-refractivity contribution in [3.63, 3.8) is 0 Å². The highest BCUT2D eigenvalue weighted by atomic mass is 32.2. The molecule has 402 valence electrons. The number of thioether (sulfide) groups is 1. The Morgan fingerprint density at radius 2 is 1.46 bits per heavy atom. The fourth-order valence-corrected chi connectivity index (χ4v) is 16.5. The van der Waals surface area contributed by atoms with E-state index < -0.39 is 26.7 Å². The Morgan fingerprint density at radius 3 is 2.18 bits per heavy atom. The summed E-state index contributed by atoms with van der Waals surface area (Å²) in [5.74, 6) is 0.864. The van der Waals surface area contributed by atoms with Gasteiger partial charge in [0.15, 0.2) is 16.9 Å². The van der Waals surface area contributed by atoms with Gasteiger partial charge >= 0.3 is 0 Å². The lowest BCUT2D eigenvalue weighted by molar-refractivity contribution is -0.000813. The molecule has 1 fully saturated rings. The molecule has 22 heteroatoms. The zero-order chi connectivity index (χ0) is 55.1. The normalized spacial score (nSPS) is 21.8. The molecule has 0 radical (unpaired) electrons. The van der Waals surface area contributed by atoms with Crippen LogP contribution in [-0.4, -0.2) is 81.3 Å². The first-order valence-corrected chi connectivity index (χ1v) is 28.1. The highest BCUT2D eigenvalue weighted by Crippen LogP contribution is 2.82. The van der Waals surface area contributed by atoms with E-state index in [1.54, 1.807) is 49.8 Å². The van der Waals surface area contributed by atoms with E-state index in [-0.39, 0.29) is 11.8 Å². The Kier molecular flexibility index (Phi) is 10.9. The van der Waals surface area contributed by atoms with Gasteiger partial charge < -0.3 is 28.3 Å². The third kappa shape index (κ3) is 6.29. The molecule has 11 heterocycles. The number of benzene rings is 5. The van der Waals surface area contributed by atoms with Crippen molar-refractivity contribution in [3.8, 4) is 22.4 Å².